The molecule has 0 aliphatic carbocycles. The lowest BCUT2D eigenvalue weighted by Gasteiger charge is -2.35. The molecule has 4 rings (SSSR count). The third kappa shape index (κ3) is 1.82. The average molecular weight is 283 g/mol. The van der Waals surface area contributed by atoms with E-state index >= 15 is 0 Å². The molecule has 110 valence electrons. The summed E-state index contributed by atoms with van der Waals surface area (Å²) in [6.07, 6.45) is 0. The maximum atomic E-state index is 12.9. The number of para-hydroxylation sites is 1. The summed E-state index contributed by atoms with van der Waals surface area (Å²) in [6.45, 7) is 7.31. The van der Waals surface area contributed by atoms with Gasteiger partial charge in [-0.1, -0.05) is 18.2 Å². The second-order valence-electron chi connectivity index (χ2n) is 6.86. The van der Waals surface area contributed by atoms with Gasteiger partial charge in [-0.2, -0.15) is 0 Å². The largest absolute Gasteiger partial charge is 0.351 e. The molecule has 2 aliphatic rings. The zero-order valence-corrected chi connectivity index (χ0v) is 12.5. The molecule has 0 spiro atoms. The zero-order valence-electron chi connectivity index (χ0n) is 12.5. The van der Waals surface area contributed by atoms with Gasteiger partial charge in [-0.3, -0.25) is 4.79 Å². The third-order valence-corrected chi connectivity index (χ3v) is 5.37. The Balaban J connectivity index is 1.68. The van der Waals surface area contributed by atoms with Gasteiger partial charge >= 0.3 is 0 Å². The molecular weight excluding hydrogens is 262 g/mol. The molecule has 2 unspecified atom stereocenters. The van der Waals surface area contributed by atoms with Gasteiger partial charge in [0.15, 0.2) is 0 Å². The molecule has 4 nitrogen and oxygen atoms in total. The highest BCUT2D eigenvalue weighted by Gasteiger charge is 2.51. The summed E-state index contributed by atoms with van der Waals surface area (Å²) in [7, 11) is 0. The molecule has 1 aromatic carbocycles. The second-order valence-corrected chi connectivity index (χ2v) is 6.86. The van der Waals surface area contributed by atoms with Gasteiger partial charge < -0.3 is 15.2 Å². The summed E-state index contributed by atoms with van der Waals surface area (Å²) in [5.74, 6) is 1.28. The number of nitrogens with zero attached hydrogens (tertiary/aromatic N) is 1. The second kappa shape index (κ2) is 4.34. The molecule has 0 saturated carbocycles. The molecule has 0 radical (unpaired) electrons. The number of hydrogen-bond acceptors (Lipinski definition) is 2. The minimum Gasteiger partial charge on any atom is -0.351 e. The van der Waals surface area contributed by atoms with Crippen LogP contribution in [0, 0.1) is 11.8 Å². The van der Waals surface area contributed by atoms with E-state index in [2.05, 4.69) is 29.0 Å². The molecule has 2 saturated heterocycles. The molecule has 2 aromatic rings. The van der Waals surface area contributed by atoms with E-state index in [1.165, 1.54) is 0 Å². The highest BCUT2D eigenvalue weighted by Crippen LogP contribution is 2.41. The summed E-state index contributed by atoms with van der Waals surface area (Å²) in [5.41, 5.74) is 1.65. The lowest BCUT2D eigenvalue weighted by atomic mass is 9.85. The van der Waals surface area contributed by atoms with E-state index in [9.17, 15) is 4.79 Å². The van der Waals surface area contributed by atoms with Crippen LogP contribution in [0.5, 0.6) is 0 Å². The predicted molar refractivity (Wildman–Crippen MR) is 83.3 cm³/mol. The Bertz CT molecular complexity index is 670. The van der Waals surface area contributed by atoms with Crippen LogP contribution in [-0.2, 0) is 0 Å². The fourth-order valence-corrected chi connectivity index (χ4v) is 4.10. The quantitative estimate of drug-likeness (QED) is 0.843. The van der Waals surface area contributed by atoms with Crippen LogP contribution in [0.25, 0.3) is 10.9 Å². The lowest BCUT2D eigenvalue weighted by molar-refractivity contribution is 0.0598. The number of fused-ring (bicyclic) bond motifs is 2. The van der Waals surface area contributed by atoms with E-state index in [-0.39, 0.29) is 11.4 Å². The smallest absolute Gasteiger partial charge is 0.270 e. The van der Waals surface area contributed by atoms with E-state index in [0.29, 0.717) is 17.5 Å². The Labute approximate surface area is 124 Å². The number of aromatic nitrogens is 1. The van der Waals surface area contributed by atoms with Crippen molar-refractivity contribution >= 4 is 16.8 Å². The van der Waals surface area contributed by atoms with E-state index in [1.54, 1.807) is 0 Å². The molecule has 0 bridgehead atoms. The van der Waals surface area contributed by atoms with Gasteiger partial charge in [0.25, 0.3) is 5.91 Å². The normalized spacial score (nSPS) is 27.2. The molecule has 2 atom stereocenters. The topological polar surface area (TPSA) is 48.1 Å². The monoisotopic (exact) mass is 283 g/mol. The number of amides is 1. The van der Waals surface area contributed by atoms with Gasteiger partial charge in [-0.05, 0) is 37.8 Å². The Morgan fingerprint density at radius 2 is 2.10 bits per heavy atom. The van der Waals surface area contributed by atoms with Gasteiger partial charge in [0.2, 0.25) is 0 Å². The molecule has 21 heavy (non-hydrogen) atoms. The number of rotatable bonds is 1. The van der Waals surface area contributed by atoms with Crippen molar-refractivity contribution in [2.45, 2.75) is 19.4 Å². The summed E-state index contributed by atoms with van der Waals surface area (Å²) in [6, 6.07) is 10.0. The molecule has 2 aliphatic heterocycles. The third-order valence-electron chi connectivity index (χ3n) is 5.37. The summed E-state index contributed by atoms with van der Waals surface area (Å²) in [4.78, 5) is 18.3. The van der Waals surface area contributed by atoms with Crippen molar-refractivity contribution < 1.29 is 4.79 Å². The molecule has 2 N–H and O–H groups in total. The minimum absolute atomic E-state index is 0.0808. The number of carbonyl (C=O) groups excluding carboxylic acids is 1. The van der Waals surface area contributed by atoms with E-state index < -0.39 is 0 Å². The highest BCUT2D eigenvalue weighted by molar-refractivity contribution is 5.98. The van der Waals surface area contributed by atoms with Gasteiger partial charge in [0.1, 0.15) is 5.69 Å². The maximum absolute atomic E-state index is 12.9. The fourth-order valence-electron chi connectivity index (χ4n) is 4.10. The molecule has 1 aromatic heterocycles. The van der Waals surface area contributed by atoms with E-state index in [0.717, 1.165) is 30.5 Å². The maximum Gasteiger partial charge on any atom is 0.270 e. The number of H-pyrrole nitrogens is 1. The fraction of sp³-hybridized carbons (Fsp3) is 0.471. The number of benzene rings is 1. The highest BCUT2D eigenvalue weighted by atomic mass is 16.2. The average Bonchev–Trinajstić information content (AvgIpc) is 3.14. The lowest BCUT2D eigenvalue weighted by Crippen LogP contribution is -2.47. The minimum atomic E-state index is -0.0808. The molecular formula is C17H21N3O. The van der Waals surface area contributed by atoms with Crippen molar-refractivity contribution in [2.75, 3.05) is 19.6 Å². The number of nitrogens with one attached hydrogen (secondary N) is 2. The number of aromatic amines is 1. The molecule has 3 heterocycles. The first kappa shape index (κ1) is 12.9. The number of hydrogen-bond donors (Lipinski definition) is 2. The van der Waals surface area contributed by atoms with Crippen LogP contribution in [0.2, 0.25) is 0 Å². The molecule has 1 amide bonds. The first-order valence-electron chi connectivity index (χ1n) is 7.68. The Hall–Kier alpha value is -1.81. The van der Waals surface area contributed by atoms with Crippen molar-refractivity contribution in [1.82, 2.24) is 15.2 Å². The van der Waals surface area contributed by atoms with Crippen LogP contribution in [0.3, 0.4) is 0 Å². The first-order chi connectivity index (χ1) is 10.1. The zero-order chi connectivity index (χ0) is 14.6. The summed E-state index contributed by atoms with van der Waals surface area (Å²) >= 11 is 0. The van der Waals surface area contributed by atoms with Crippen LogP contribution in [0.15, 0.2) is 30.3 Å². The van der Waals surface area contributed by atoms with Gasteiger partial charge in [-0.25, -0.2) is 0 Å². The number of carbonyl (C=O) groups is 1. The van der Waals surface area contributed by atoms with Crippen LogP contribution in [-0.4, -0.2) is 41.0 Å². The van der Waals surface area contributed by atoms with Crippen molar-refractivity contribution in [2.24, 2.45) is 11.8 Å². The van der Waals surface area contributed by atoms with Gasteiger partial charge in [0, 0.05) is 36.1 Å². The van der Waals surface area contributed by atoms with Crippen LogP contribution in [0.1, 0.15) is 24.3 Å². The van der Waals surface area contributed by atoms with Crippen molar-refractivity contribution in [3.05, 3.63) is 36.0 Å². The molecule has 2 fully saturated rings. The number of likely N-dealkylation sites (tertiary alicyclic amines) is 1. The van der Waals surface area contributed by atoms with Crippen molar-refractivity contribution in [3.8, 4) is 0 Å². The molecule has 4 heteroatoms. The first-order valence-corrected chi connectivity index (χ1v) is 7.68. The van der Waals surface area contributed by atoms with Crippen molar-refractivity contribution in [3.63, 3.8) is 0 Å². The standard InChI is InChI=1S/C17H21N3O/c1-17(2)13-9-18-8-12(13)10-20(17)16(21)15-7-11-5-3-4-6-14(11)19-15/h3-7,12-13,18-19H,8-10H2,1-2H3. The summed E-state index contributed by atoms with van der Waals surface area (Å²) in [5, 5.41) is 4.55. The predicted octanol–water partition coefficient (Wildman–Crippen LogP) is 2.24. The van der Waals surface area contributed by atoms with E-state index in [4.69, 9.17) is 0 Å². The van der Waals surface area contributed by atoms with E-state index in [1.807, 2.05) is 30.3 Å². The Morgan fingerprint density at radius 1 is 1.29 bits per heavy atom. The SMILES string of the molecule is CC1(C)C2CNCC2CN1C(=O)c1cc2ccccc2[nH]1. The summed E-state index contributed by atoms with van der Waals surface area (Å²) < 4.78 is 0. The van der Waals surface area contributed by atoms with Crippen LogP contribution >= 0.6 is 0 Å². The van der Waals surface area contributed by atoms with Crippen molar-refractivity contribution in [1.29, 1.82) is 0 Å². The van der Waals surface area contributed by atoms with Gasteiger partial charge in [-0.15, -0.1) is 0 Å². The van der Waals surface area contributed by atoms with Crippen LogP contribution < -0.4 is 5.32 Å². The van der Waals surface area contributed by atoms with Crippen LogP contribution in [0.4, 0.5) is 0 Å². The van der Waals surface area contributed by atoms with Gasteiger partial charge in [0.05, 0.1) is 0 Å². The Morgan fingerprint density at radius 3 is 2.86 bits per heavy atom. The Kier molecular flexibility index (Phi) is 2.67.